The Morgan fingerprint density at radius 1 is 1.19 bits per heavy atom. The number of thioether (sulfide) groups is 1. The molecule has 0 aliphatic heterocycles. The van der Waals surface area contributed by atoms with Crippen molar-refractivity contribution < 1.29 is 4.79 Å². The van der Waals surface area contributed by atoms with Gasteiger partial charge in [-0.1, -0.05) is 53.2 Å². The second-order valence-electron chi connectivity index (χ2n) is 6.12. The van der Waals surface area contributed by atoms with Crippen LogP contribution < -0.4 is 5.32 Å². The number of carbonyl (C=O) groups is 1. The highest BCUT2D eigenvalue weighted by atomic mass is 79.9. The van der Waals surface area contributed by atoms with Crippen LogP contribution in [0.15, 0.2) is 70.3 Å². The number of amides is 1. The van der Waals surface area contributed by atoms with Gasteiger partial charge in [0.25, 0.3) is 0 Å². The van der Waals surface area contributed by atoms with Crippen LogP contribution in [0.5, 0.6) is 0 Å². The molecule has 1 amide bonds. The van der Waals surface area contributed by atoms with Crippen molar-refractivity contribution >= 4 is 33.6 Å². The second kappa shape index (κ2) is 9.66. The fraction of sp³-hybridized carbons (Fsp3) is 0.263. The lowest BCUT2D eigenvalue weighted by molar-refractivity contribution is -0.124. The van der Waals surface area contributed by atoms with Gasteiger partial charge < -0.3 is 5.32 Å². The van der Waals surface area contributed by atoms with Gasteiger partial charge >= 0.3 is 0 Å². The largest absolute Gasteiger partial charge is 0.353 e. The number of aromatic nitrogens is 4. The van der Waals surface area contributed by atoms with Crippen molar-refractivity contribution in [3.05, 3.63) is 71.0 Å². The molecule has 140 valence electrons. The molecule has 1 heterocycles. The first-order chi connectivity index (χ1) is 13.1. The number of nitrogens with one attached hydrogen (secondary N) is 1. The van der Waals surface area contributed by atoms with Gasteiger partial charge in [-0.15, -0.1) is 16.9 Å². The van der Waals surface area contributed by atoms with Crippen LogP contribution in [-0.2, 0) is 11.2 Å². The molecule has 2 unspecified atom stereocenters. The third-order valence-corrected chi connectivity index (χ3v) is 5.62. The third kappa shape index (κ3) is 5.90. The zero-order valence-corrected chi connectivity index (χ0v) is 17.2. The zero-order chi connectivity index (χ0) is 19.1. The van der Waals surface area contributed by atoms with E-state index in [0.29, 0.717) is 13.0 Å². The molecule has 0 saturated carbocycles. The minimum absolute atomic E-state index is 0.0885. The van der Waals surface area contributed by atoms with Crippen LogP contribution in [0, 0.1) is 0 Å². The zero-order valence-electron chi connectivity index (χ0n) is 14.8. The number of hydrogen-bond acceptors (Lipinski definition) is 5. The molecule has 0 fully saturated rings. The summed E-state index contributed by atoms with van der Waals surface area (Å²) < 4.78 is 2.56. The van der Waals surface area contributed by atoms with E-state index < -0.39 is 6.04 Å². The molecule has 0 radical (unpaired) electrons. The van der Waals surface area contributed by atoms with Crippen molar-refractivity contribution in [2.75, 3.05) is 6.54 Å². The number of halogens is 1. The SMILES string of the molecule is CC(CNC(=O)C(Cc1ccccc1)n1cnnn1)Sc1ccc(Br)cc1. The first-order valence-electron chi connectivity index (χ1n) is 8.58. The van der Waals surface area contributed by atoms with Crippen LogP contribution >= 0.6 is 27.7 Å². The van der Waals surface area contributed by atoms with Gasteiger partial charge in [0.15, 0.2) is 0 Å². The summed E-state index contributed by atoms with van der Waals surface area (Å²) in [5.41, 5.74) is 1.06. The van der Waals surface area contributed by atoms with Gasteiger partial charge in [0.2, 0.25) is 5.91 Å². The van der Waals surface area contributed by atoms with Crippen LogP contribution in [0.2, 0.25) is 0 Å². The topological polar surface area (TPSA) is 72.7 Å². The number of hydrogen-bond donors (Lipinski definition) is 1. The molecule has 0 bridgehead atoms. The minimum Gasteiger partial charge on any atom is -0.353 e. The van der Waals surface area contributed by atoms with Crippen LogP contribution in [0.4, 0.5) is 0 Å². The Labute approximate surface area is 170 Å². The van der Waals surface area contributed by atoms with Crippen molar-refractivity contribution in [3.63, 3.8) is 0 Å². The van der Waals surface area contributed by atoms with E-state index in [1.807, 2.05) is 42.5 Å². The Balaban J connectivity index is 1.59. The van der Waals surface area contributed by atoms with E-state index >= 15 is 0 Å². The van der Waals surface area contributed by atoms with E-state index in [1.54, 1.807) is 11.8 Å². The van der Waals surface area contributed by atoms with Gasteiger partial charge in [0.05, 0.1) is 0 Å². The fourth-order valence-electron chi connectivity index (χ4n) is 2.60. The maximum Gasteiger partial charge on any atom is 0.245 e. The third-order valence-electron chi connectivity index (χ3n) is 3.97. The quantitative estimate of drug-likeness (QED) is 0.536. The molecule has 2 aromatic carbocycles. The smallest absolute Gasteiger partial charge is 0.245 e. The number of tetrazole rings is 1. The highest BCUT2D eigenvalue weighted by Gasteiger charge is 2.22. The number of rotatable bonds is 8. The van der Waals surface area contributed by atoms with Crippen molar-refractivity contribution in [1.29, 1.82) is 0 Å². The van der Waals surface area contributed by atoms with Crippen LogP contribution in [-0.4, -0.2) is 37.9 Å². The van der Waals surface area contributed by atoms with Gasteiger partial charge in [-0.05, 0) is 40.3 Å². The molecular weight excluding hydrogens is 426 g/mol. The highest BCUT2D eigenvalue weighted by Crippen LogP contribution is 2.24. The molecule has 0 spiro atoms. The average Bonchev–Trinajstić information content (AvgIpc) is 3.21. The molecule has 8 heteroatoms. The molecule has 0 saturated heterocycles. The highest BCUT2D eigenvalue weighted by molar-refractivity contribution is 9.10. The predicted octanol–water partition coefficient (Wildman–Crippen LogP) is 3.52. The molecule has 3 aromatic rings. The summed E-state index contributed by atoms with van der Waals surface area (Å²) in [6.07, 6.45) is 2.01. The molecule has 0 aliphatic rings. The second-order valence-corrected chi connectivity index (χ2v) is 8.55. The van der Waals surface area contributed by atoms with Crippen molar-refractivity contribution in [1.82, 2.24) is 25.5 Å². The van der Waals surface area contributed by atoms with Crippen LogP contribution in [0.3, 0.4) is 0 Å². The van der Waals surface area contributed by atoms with Gasteiger partial charge in [-0.3, -0.25) is 4.79 Å². The van der Waals surface area contributed by atoms with Crippen molar-refractivity contribution in [3.8, 4) is 0 Å². The molecule has 0 aliphatic carbocycles. The summed E-state index contributed by atoms with van der Waals surface area (Å²) in [7, 11) is 0. The van der Waals surface area contributed by atoms with E-state index in [0.717, 1.165) is 10.0 Å². The monoisotopic (exact) mass is 445 g/mol. The summed E-state index contributed by atoms with van der Waals surface area (Å²) in [5, 5.41) is 14.5. The fourth-order valence-corrected chi connectivity index (χ4v) is 3.79. The lowest BCUT2D eigenvalue weighted by Crippen LogP contribution is -2.37. The standard InChI is InChI=1S/C19H20BrN5OS/c1-14(27-17-9-7-16(20)8-10-17)12-21-19(26)18(25-13-22-23-24-25)11-15-5-3-2-4-6-15/h2-10,13-14,18H,11-12H2,1H3,(H,21,26). The lowest BCUT2D eigenvalue weighted by Gasteiger charge is -2.18. The molecule has 1 N–H and O–H groups in total. The maximum absolute atomic E-state index is 12.8. The Kier molecular flexibility index (Phi) is 7.00. The van der Waals surface area contributed by atoms with Crippen molar-refractivity contribution in [2.24, 2.45) is 0 Å². The summed E-state index contributed by atoms with van der Waals surface area (Å²) in [6.45, 7) is 2.66. The molecule has 2 atom stereocenters. The normalized spacial score (nSPS) is 13.1. The first-order valence-corrected chi connectivity index (χ1v) is 10.3. The van der Waals surface area contributed by atoms with E-state index in [2.05, 4.69) is 55.8 Å². The Morgan fingerprint density at radius 2 is 1.93 bits per heavy atom. The number of benzene rings is 2. The minimum atomic E-state index is -0.479. The summed E-state index contributed by atoms with van der Waals surface area (Å²) >= 11 is 5.16. The van der Waals surface area contributed by atoms with Crippen molar-refractivity contribution in [2.45, 2.75) is 29.5 Å². The molecule has 6 nitrogen and oxygen atoms in total. The van der Waals surface area contributed by atoms with Gasteiger partial charge in [-0.25, -0.2) is 4.68 Å². The van der Waals surface area contributed by atoms with Crippen LogP contribution in [0.25, 0.3) is 0 Å². The van der Waals surface area contributed by atoms with Gasteiger partial charge in [-0.2, -0.15) is 0 Å². The van der Waals surface area contributed by atoms with Gasteiger partial charge in [0.1, 0.15) is 12.4 Å². The van der Waals surface area contributed by atoms with Crippen LogP contribution in [0.1, 0.15) is 18.5 Å². The Morgan fingerprint density at radius 3 is 2.59 bits per heavy atom. The summed E-state index contributed by atoms with van der Waals surface area (Å²) in [6, 6.07) is 17.5. The number of nitrogens with zero attached hydrogens (tertiary/aromatic N) is 4. The maximum atomic E-state index is 12.8. The lowest BCUT2D eigenvalue weighted by atomic mass is 10.1. The summed E-state index contributed by atoms with van der Waals surface area (Å²) in [4.78, 5) is 14.0. The van der Waals surface area contributed by atoms with E-state index in [-0.39, 0.29) is 11.2 Å². The van der Waals surface area contributed by atoms with E-state index in [1.165, 1.54) is 15.9 Å². The van der Waals surface area contributed by atoms with E-state index in [4.69, 9.17) is 0 Å². The molecule has 1 aromatic heterocycles. The predicted molar refractivity (Wildman–Crippen MR) is 109 cm³/mol. The Bertz CT molecular complexity index is 842. The average molecular weight is 446 g/mol. The van der Waals surface area contributed by atoms with E-state index in [9.17, 15) is 4.79 Å². The molecular formula is C19H20BrN5OS. The first kappa shape index (κ1) is 19.6. The molecule has 27 heavy (non-hydrogen) atoms. The van der Waals surface area contributed by atoms with Gasteiger partial charge in [0, 0.05) is 27.6 Å². The number of carbonyl (C=O) groups excluding carboxylic acids is 1. The Hall–Kier alpha value is -2.19. The summed E-state index contributed by atoms with van der Waals surface area (Å²) in [5.74, 6) is -0.0885. The molecule has 3 rings (SSSR count).